The lowest BCUT2D eigenvalue weighted by Gasteiger charge is -2.42. The first kappa shape index (κ1) is 14.6. The van der Waals surface area contributed by atoms with E-state index in [-0.39, 0.29) is 5.96 Å². The topological polar surface area (TPSA) is 102 Å². The second kappa shape index (κ2) is 5.44. The van der Waals surface area contributed by atoms with Crippen molar-refractivity contribution in [2.45, 2.75) is 5.79 Å². The van der Waals surface area contributed by atoms with E-state index in [9.17, 15) is 10.1 Å². The largest absolute Gasteiger partial charge is 0.345 e. The van der Waals surface area contributed by atoms with E-state index in [0.717, 1.165) is 0 Å². The molecular formula is C10H14ClN5O4S. The van der Waals surface area contributed by atoms with Gasteiger partial charge in [-0.15, -0.1) is 0 Å². The van der Waals surface area contributed by atoms with Crippen LogP contribution in [0.5, 0.6) is 0 Å². The molecule has 2 saturated heterocycles. The molecule has 2 fully saturated rings. The molecule has 1 unspecified atom stereocenters. The summed E-state index contributed by atoms with van der Waals surface area (Å²) in [5, 5.41) is 18.0. The Hall–Kier alpha value is -1.36. The monoisotopic (exact) mass is 335 g/mol. The normalized spacial score (nSPS) is 35.1. The lowest BCUT2D eigenvalue weighted by molar-refractivity contribution is -0.486. The van der Waals surface area contributed by atoms with Crippen molar-refractivity contribution in [2.24, 2.45) is 10.1 Å². The van der Waals surface area contributed by atoms with Gasteiger partial charge in [0.2, 0.25) is 5.79 Å². The Morgan fingerprint density at radius 3 is 3.00 bits per heavy atom. The van der Waals surface area contributed by atoms with Gasteiger partial charge in [0.1, 0.15) is 5.10 Å². The number of guanidine groups is 1. The van der Waals surface area contributed by atoms with Crippen molar-refractivity contribution in [2.75, 3.05) is 32.2 Å². The van der Waals surface area contributed by atoms with Crippen molar-refractivity contribution < 1.29 is 14.5 Å². The molecule has 0 aromatic carbocycles. The Bertz CT molecular complexity index is 522. The molecule has 0 aromatic heterocycles. The van der Waals surface area contributed by atoms with Crippen LogP contribution >= 0.6 is 19.9 Å². The van der Waals surface area contributed by atoms with E-state index in [4.69, 9.17) is 20.2 Å². The molecule has 3 rings (SSSR count). The van der Waals surface area contributed by atoms with E-state index in [2.05, 4.69) is 15.4 Å². The number of hydrogen-bond acceptors (Lipinski definition) is 5. The second-order valence-corrected chi connectivity index (χ2v) is 8.72. The van der Waals surface area contributed by atoms with Gasteiger partial charge in [-0.05, 0) is 5.41 Å². The smallest absolute Gasteiger partial charge is 0.272 e. The van der Waals surface area contributed by atoms with E-state index in [1.54, 1.807) is 22.1 Å². The van der Waals surface area contributed by atoms with E-state index in [1.807, 2.05) is 0 Å². The second-order valence-electron chi connectivity index (χ2n) is 4.75. The van der Waals surface area contributed by atoms with Gasteiger partial charge in [-0.25, -0.2) is 10.1 Å². The molecule has 11 heteroatoms. The van der Waals surface area contributed by atoms with Gasteiger partial charge < -0.3 is 19.7 Å². The average molecular weight is 336 g/mol. The predicted molar refractivity (Wildman–Crippen MR) is 79.7 cm³/mol. The third-order valence-electron chi connectivity index (χ3n) is 3.20. The lowest BCUT2D eigenvalue weighted by Crippen LogP contribution is -2.62. The van der Waals surface area contributed by atoms with Crippen LogP contribution in [-0.2, 0) is 9.47 Å². The van der Waals surface area contributed by atoms with Crippen LogP contribution in [0.2, 0.25) is 0 Å². The molecule has 1 atom stereocenters. The third-order valence-corrected chi connectivity index (χ3v) is 5.79. The van der Waals surface area contributed by atoms with E-state index in [0.29, 0.717) is 32.2 Å². The molecule has 3 aliphatic rings. The van der Waals surface area contributed by atoms with Crippen LogP contribution in [0.25, 0.3) is 0 Å². The maximum absolute atomic E-state index is 10.7. The number of hydrogen-bond donors (Lipinski definition) is 1. The Kier molecular flexibility index (Phi) is 3.78. The highest BCUT2D eigenvalue weighted by atomic mass is 35.7. The van der Waals surface area contributed by atoms with Gasteiger partial charge in [0.15, 0.2) is 5.03 Å². The van der Waals surface area contributed by atoms with Crippen LogP contribution in [0.3, 0.4) is 0 Å². The highest BCUT2D eigenvalue weighted by Crippen LogP contribution is 2.55. The lowest BCUT2D eigenvalue weighted by atomic mass is 10.2. The van der Waals surface area contributed by atoms with Gasteiger partial charge in [0.05, 0.1) is 37.7 Å². The minimum absolute atomic E-state index is 0.158. The van der Waals surface area contributed by atoms with Gasteiger partial charge in [0.25, 0.3) is 5.96 Å². The van der Waals surface area contributed by atoms with Crippen molar-refractivity contribution >= 4 is 31.4 Å². The quantitative estimate of drug-likeness (QED) is 0.599. The van der Waals surface area contributed by atoms with Gasteiger partial charge in [0, 0.05) is 6.20 Å². The molecule has 0 aromatic rings. The molecular weight excluding hydrogens is 322 g/mol. The average Bonchev–Trinajstić information content (AvgIpc) is 3.03. The number of nitrogens with zero attached hydrogens (tertiary/aromatic N) is 4. The van der Waals surface area contributed by atoms with E-state index >= 15 is 0 Å². The predicted octanol–water partition coefficient (Wildman–Crippen LogP) is 0.611. The van der Waals surface area contributed by atoms with Crippen molar-refractivity contribution in [1.82, 2.24) is 10.2 Å². The van der Waals surface area contributed by atoms with Crippen molar-refractivity contribution in [3.8, 4) is 0 Å². The number of rotatable bonds is 3. The van der Waals surface area contributed by atoms with Gasteiger partial charge in [-0.2, -0.15) is 0 Å². The summed E-state index contributed by atoms with van der Waals surface area (Å²) < 4.78 is 11.3. The van der Waals surface area contributed by atoms with Crippen LogP contribution in [0.15, 0.2) is 21.7 Å². The van der Waals surface area contributed by atoms with Gasteiger partial charge >= 0.3 is 0 Å². The summed E-state index contributed by atoms with van der Waals surface area (Å²) in [5.74, 6) is -0.296. The Balaban J connectivity index is 1.81. The van der Waals surface area contributed by atoms with Gasteiger partial charge in [-0.3, -0.25) is 4.99 Å². The molecule has 21 heavy (non-hydrogen) atoms. The van der Waals surface area contributed by atoms with Crippen LogP contribution in [0.4, 0.5) is 0 Å². The molecule has 9 nitrogen and oxygen atoms in total. The number of halogens is 1. The molecule has 0 amide bonds. The zero-order valence-corrected chi connectivity index (χ0v) is 12.5. The zero-order valence-electron chi connectivity index (χ0n) is 11.0. The third kappa shape index (κ3) is 3.12. The SMILES string of the molecule is O=[N+]([O-])/N=C1\NCC2(CN1CS1(Cl)C=CN=C1)OCCO2. The van der Waals surface area contributed by atoms with Crippen molar-refractivity contribution in [3.63, 3.8) is 0 Å². The molecule has 1 N–H and O–H groups in total. The van der Waals surface area contributed by atoms with E-state index < -0.39 is 20.1 Å². The summed E-state index contributed by atoms with van der Waals surface area (Å²) in [7, 11) is 4.73. The molecule has 0 saturated carbocycles. The van der Waals surface area contributed by atoms with Crippen LogP contribution < -0.4 is 5.32 Å². The molecule has 116 valence electrons. The highest BCUT2D eigenvalue weighted by molar-refractivity contribution is 8.62. The van der Waals surface area contributed by atoms with E-state index in [1.165, 1.54) is 0 Å². The first-order valence-corrected chi connectivity index (χ1v) is 8.96. The molecule has 0 bridgehead atoms. The van der Waals surface area contributed by atoms with Crippen LogP contribution in [-0.4, -0.2) is 59.4 Å². The molecule has 3 aliphatic heterocycles. The Labute approximate surface area is 126 Å². The number of aliphatic imine (C=N–C) groups is 1. The first-order chi connectivity index (χ1) is 10.0. The Morgan fingerprint density at radius 1 is 1.62 bits per heavy atom. The standard InChI is InChI=1S/C10H14ClN5O4S/c11-21(4-1-12-7-21)8-15-6-10(19-2-3-20-10)5-13-9(15)14-16(17)18/h1,4,7H,2-3,5-6,8H2,(H,13,14). The summed E-state index contributed by atoms with van der Waals surface area (Å²) in [4.78, 5) is 16.3. The minimum Gasteiger partial charge on any atom is -0.345 e. The fourth-order valence-corrected chi connectivity index (χ4v) is 4.43. The maximum atomic E-state index is 10.7. The fourth-order valence-electron chi connectivity index (χ4n) is 2.34. The molecule has 3 heterocycles. The number of nitro groups is 1. The van der Waals surface area contributed by atoms with Crippen molar-refractivity contribution in [3.05, 3.63) is 21.7 Å². The maximum Gasteiger partial charge on any atom is 0.272 e. The summed E-state index contributed by atoms with van der Waals surface area (Å²) in [6.45, 7) is 1.63. The summed E-state index contributed by atoms with van der Waals surface area (Å²) in [6.07, 6.45) is 1.63. The minimum atomic E-state index is -1.75. The Morgan fingerprint density at radius 2 is 2.38 bits per heavy atom. The number of nitrogens with one attached hydrogen (secondary N) is 1. The fraction of sp³-hybridized carbons (Fsp3) is 0.600. The first-order valence-electron chi connectivity index (χ1n) is 6.21. The summed E-state index contributed by atoms with van der Waals surface area (Å²) >= 11 is 0. The molecule has 0 aliphatic carbocycles. The number of hydrazone groups is 1. The summed E-state index contributed by atoms with van der Waals surface area (Å²) in [6, 6.07) is 0. The van der Waals surface area contributed by atoms with Crippen molar-refractivity contribution in [1.29, 1.82) is 0 Å². The van der Waals surface area contributed by atoms with Crippen LogP contribution in [0, 0.1) is 10.1 Å². The summed E-state index contributed by atoms with van der Waals surface area (Å²) in [5.41, 5.74) is 1.66. The molecule has 0 radical (unpaired) electrons. The number of ether oxygens (including phenoxy) is 2. The van der Waals surface area contributed by atoms with Crippen LogP contribution in [0.1, 0.15) is 0 Å². The van der Waals surface area contributed by atoms with Gasteiger partial charge in [-0.1, -0.05) is 19.9 Å². The zero-order chi connectivity index (χ0) is 14.9. The molecule has 1 spiro atoms. The highest BCUT2D eigenvalue weighted by Gasteiger charge is 2.45.